The molecule has 146 valence electrons. The zero-order valence-corrected chi connectivity index (χ0v) is 17.0. The van der Waals surface area contributed by atoms with Crippen LogP contribution in [0.25, 0.3) is 0 Å². The van der Waals surface area contributed by atoms with Crippen LogP contribution >= 0.6 is 7.82 Å². The lowest BCUT2D eigenvalue weighted by molar-refractivity contribution is -0.870. The van der Waals surface area contributed by atoms with Gasteiger partial charge in [-0.2, -0.15) is 0 Å². The minimum atomic E-state index is -4.06. The zero-order chi connectivity index (χ0) is 18.5. The molecule has 0 heterocycles. The summed E-state index contributed by atoms with van der Waals surface area (Å²) in [5.74, 6) is 0. The third-order valence-corrected chi connectivity index (χ3v) is 4.82. The van der Waals surface area contributed by atoms with Gasteiger partial charge in [-0.3, -0.25) is 9.05 Å². The van der Waals surface area contributed by atoms with Gasteiger partial charge in [0.25, 0.3) is 0 Å². The van der Waals surface area contributed by atoms with Gasteiger partial charge < -0.3 is 14.5 Å². The van der Waals surface area contributed by atoms with Gasteiger partial charge in [0, 0.05) is 0 Å². The minimum absolute atomic E-state index is 0.144. The highest BCUT2D eigenvalue weighted by Gasteiger charge is 2.23. The zero-order valence-electron chi connectivity index (χ0n) is 16.1. The second-order valence-electron chi connectivity index (χ2n) is 7.53. The van der Waals surface area contributed by atoms with Crippen molar-refractivity contribution in [3.05, 3.63) is 0 Å². The number of likely N-dealkylation sites (N-methyl/N-ethyl adjacent to an activating group) is 1. The molecular formula is C17H39NO5P+. The van der Waals surface area contributed by atoms with Crippen molar-refractivity contribution in [3.63, 3.8) is 0 Å². The maximum absolute atomic E-state index is 11.7. The third kappa shape index (κ3) is 16.9. The summed E-state index contributed by atoms with van der Waals surface area (Å²) in [4.78, 5) is 9.57. The summed E-state index contributed by atoms with van der Waals surface area (Å²) in [6.07, 6.45) is 9.48. The fourth-order valence-corrected chi connectivity index (χ4v) is 2.99. The molecule has 0 aromatic rings. The molecule has 0 spiro atoms. The van der Waals surface area contributed by atoms with Crippen LogP contribution in [0, 0.1) is 0 Å². The molecular weight excluding hydrogens is 329 g/mol. The predicted molar refractivity (Wildman–Crippen MR) is 97.9 cm³/mol. The van der Waals surface area contributed by atoms with E-state index in [0.29, 0.717) is 17.4 Å². The van der Waals surface area contributed by atoms with E-state index in [-0.39, 0.29) is 13.2 Å². The largest absolute Gasteiger partial charge is 0.472 e. The van der Waals surface area contributed by atoms with Crippen LogP contribution in [0.1, 0.15) is 64.7 Å². The minimum Gasteiger partial charge on any atom is -0.391 e. The first-order valence-electron chi connectivity index (χ1n) is 9.26. The number of aliphatic hydroxyl groups is 1. The first-order chi connectivity index (χ1) is 11.2. The van der Waals surface area contributed by atoms with Crippen LogP contribution in [0.15, 0.2) is 0 Å². The lowest BCUT2D eigenvalue weighted by Gasteiger charge is -2.24. The van der Waals surface area contributed by atoms with Crippen molar-refractivity contribution in [3.8, 4) is 0 Å². The van der Waals surface area contributed by atoms with Gasteiger partial charge in [-0.1, -0.05) is 58.3 Å². The van der Waals surface area contributed by atoms with Gasteiger partial charge in [-0.05, 0) is 6.42 Å². The van der Waals surface area contributed by atoms with Gasteiger partial charge in [-0.15, -0.1) is 0 Å². The Balaban J connectivity index is 3.62. The summed E-state index contributed by atoms with van der Waals surface area (Å²) in [5, 5.41) is 9.82. The number of hydrogen-bond donors (Lipinski definition) is 2. The predicted octanol–water partition coefficient (Wildman–Crippen LogP) is 3.72. The van der Waals surface area contributed by atoms with Crippen LogP contribution in [0.3, 0.4) is 0 Å². The lowest BCUT2D eigenvalue weighted by atomic mass is 10.1. The first kappa shape index (κ1) is 24.0. The van der Waals surface area contributed by atoms with E-state index >= 15 is 0 Å². The van der Waals surface area contributed by atoms with Crippen LogP contribution in [0.4, 0.5) is 0 Å². The van der Waals surface area contributed by atoms with E-state index in [0.717, 1.165) is 12.8 Å². The summed E-state index contributed by atoms with van der Waals surface area (Å²) in [6.45, 7) is 2.80. The van der Waals surface area contributed by atoms with E-state index < -0.39 is 13.9 Å². The Bertz CT molecular complexity index is 346. The topological polar surface area (TPSA) is 76.0 Å². The van der Waals surface area contributed by atoms with Gasteiger partial charge in [0.05, 0.1) is 33.9 Å². The Kier molecular flexibility index (Phi) is 13.3. The molecule has 7 heteroatoms. The van der Waals surface area contributed by atoms with Crippen LogP contribution in [0.5, 0.6) is 0 Å². The van der Waals surface area contributed by atoms with Crippen molar-refractivity contribution in [2.24, 2.45) is 0 Å². The average Bonchev–Trinajstić information content (AvgIpc) is 2.46. The quantitative estimate of drug-likeness (QED) is 0.247. The van der Waals surface area contributed by atoms with Crippen LogP contribution in [-0.4, -0.2) is 61.5 Å². The van der Waals surface area contributed by atoms with Gasteiger partial charge in [-0.25, -0.2) is 4.57 Å². The van der Waals surface area contributed by atoms with Crippen molar-refractivity contribution in [2.75, 3.05) is 40.9 Å². The number of hydrogen-bond acceptors (Lipinski definition) is 4. The normalized spacial score (nSPS) is 16.1. The Morgan fingerprint density at radius 2 is 1.50 bits per heavy atom. The molecule has 0 aliphatic carbocycles. The van der Waals surface area contributed by atoms with Crippen molar-refractivity contribution in [1.82, 2.24) is 0 Å². The fourth-order valence-electron chi connectivity index (χ4n) is 2.24. The van der Waals surface area contributed by atoms with Gasteiger partial charge in [0.2, 0.25) is 0 Å². The summed E-state index contributed by atoms with van der Waals surface area (Å²) < 4.78 is 22.1. The molecule has 0 saturated heterocycles. The molecule has 0 saturated carbocycles. The van der Waals surface area contributed by atoms with Crippen molar-refractivity contribution in [2.45, 2.75) is 70.8 Å². The van der Waals surface area contributed by atoms with Gasteiger partial charge >= 0.3 is 7.82 Å². The monoisotopic (exact) mass is 368 g/mol. The van der Waals surface area contributed by atoms with E-state index in [1.807, 2.05) is 21.1 Å². The van der Waals surface area contributed by atoms with E-state index in [9.17, 15) is 14.6 Å². The summed E-state index contributed by atoms with van der Waals surface area (Å²) in [7, 11) is 1.85. The summed E-state index contributed by atoms with van der Waals surface area (Å²) >= 11 is 0. The molecule has 0 aliphatic rings. The van der Waals surface area contributed by atoms with Crippen LogP contribution < -0.4 is 0 Å². The molecule has 0 aliphatic heterocycles. The summed E-state index contributed by atoms with van der Waals surface area (Å²) in [5.41, 5.74) is 0. The third-order valence-electron chi connectivity index (χ3n) is 3.84. The first-order valence-corrected chi connectivity index (χ1v) is 10.8. The molecule has 6 nitrogen and oxygen atoms in total. The molecule has 0 amide bonds. The Morgan fingerprint density at radius 1 is 0.958 bits per heavy atom. The van der Waals surface area contributed by atoms with Crippen molar-refractivity contribution < 1.29 is 28.1 Å². The number of nitrogens with zero attached hydrogens (tertiary/aromatic N) is 1. The molecule has 0 aromatic heterocycles. The number of rotatable bonds is 16. The maximum Gasteiger partial charge on any atom is 0.472 e. The maximum atomic E-state index is 11.7. The Hall–Kier alpha value is 0.0300. The molecule has 0 aromatic carbocycles. The van der Waals surface area contributed by atoms with E-state index in [4.69, 9.17) is 9.05 Å². The molecule has 2 atom stereocenters. The smallest absolute Gasteiger partial charge is 0.391 e. The van der Waals surface area contributed by atoms with Crippen LogP contribution in [0.2, 0.25) is 0 Å². The second-order valence-corrected chi connectivity index (χ2v) is 8.98. The average molecular weight is 368 g/mol. The standard InChI is InChI=1S/C17H38NO5P/c1-5-6-7-8-9-10-11-12-13-17(19)16-23-24(20,21)22-15-14-18(2,3)4/h17,19H,5-16H2,1-4H3/p+1. The molecule has 24 heavy (non-hydrogen) atoms. The van der Waals surface area contributed by atoms with Crippen molar-refractivity contribution in [1.29, 1.82) is 0 Å². The Morgan fingerprint density at radius 3 is 2.04 bits per heavy atom. The SMILES string of the molecule is CCCCCCCCCCC(O)COP(=O)(O)OCC[N+](C)(C)C. The molecule has 0 rings (SSSR count). The fraction of sp³-hybridized carbons (Fsp3) is 1.00. The highest BCUT2D eigenvalue weighted by atomic mass is 31.2. The number of phosphoric acid groups is 1. The highest BCUT2D eigenvalue weighted by molar-refractivity contribution is 7.47. The van der Waals surface area contributed by atoms with Gasteiger partial charge in [0.1, 0.15) is 13.2 Å². The second kappa shape index (κ2) is 13.3. The van der Waals surface area contributed by atoms with Crippen LogP contribution in [-0.2, 0) is 13.6 Å². The van der Waals surface area contributed by atoms with Crippen molar-refractivity contribution >= 4 is 7.82 Å². The highest BCUT2D eigenvalue weighted by Crippen LogP contribution is 2.43. The summed E-state index contributed by atoms with van der Waals surface area (Å²) in [6, 6.07) is 0. The van der Waals surface area contributed by atoms with E-state index in [1.54, 1.807) is 0 Å². The number of unbranched alkanes of at least 4 members (excludes halogenated alkanes) is 7. The molecule has 0 bridgehead atoms. The molecule has 2 unspecified atom stereocenters. The number of aliphatic hydroxyl groups excluding tert-OH is 1. The van der Waals surface area contributed by atoms with E-state index in [1.165, 1.54) is 38.5 Å². The van der Waals surface area contributed by atoms with E-state index in [2.05, 4.69) is 6.92 Å². The Labute approximate surface area is 148 Å². The van der Waals surface area contributed by atoms with Gasteiger partial charge in [0.15, 0.2) is 0 Å². The number of phosphoric ester groups is 1. The number of quaternary nitrogens is 1. The molecule has 0 radical (unpaired) electrons. The lowest BCUT2D eigenvalue weighted by Crippen LogP contribution is -2.37. The molecule has 2 N–H and O–H groups in total. The molecule has 0 fully saturated rings.